The molecule has 0 radical (unpaired) electrons. The highest BCUT2D eigenvalue weighted by molar-refractivity contribution is 9.10. The molecule has 196 valence electrons. The highest BCUT2D eigenvalue weighted by atomic mass is 79.9. The van der Waals surface area contributed by atoms with Gasteiger partial charge in [-0.15, -0.1) is 0 Å². The lowest BCUT2D eigenvalue weighted by Crippen LogP contribution is -2.39. The molecular formula is C23H20BrCl4N5O4. The summed E-state index contributed by atoms with van der Waals surface area (Å²) in [6, 6.07) is 7.34. The highest BCUT2D eigenvalue weighted by Gasteiger charge is 2.33. The van der Waals surface area contributed by atoms with E-state index in [1.165, 1.54) is 47.8 Å². The van der Waals surface area contributed by atoms with Crippen molar-refractivity contribution < 1.29 is 19.2 Å². The van der Waals surface area contributed by atoms with Crippen LogP contribution in [0.5, 0.6) is 0 Å². The van der Waals surface area contributed by atoms with Crippen molar-refractivity contribution in [1.29, 1.82) is 0 Å². The fourth-order valence-corrected chi connectivity index (χ4v) is 4.18. The molecular weight excluding hydrogens is 632 g/mol. The predicted molar refractivity (Wildman–Crippen MR) is 147 cm³/mol. The molecule has 0 aliphatic rings. The lowest BCUT2D eigenvalue weighted by Gasteiger charge is -2.25. The Kier molecular flexibility index (Phi) is 11.1. The molecule has 2 aromatic heterocycles. The van der Waals surface area contributed by atoms with E-state index in [2.05, 4.69) is 37.6 Å². The minimum Gasteiger partial charge on any atom is -0.342 e. The second kappa shape index (κ2) is 13.3. The van der Waals surface area contributed by atoms with E-state index in [-0.39, 0.29) is 43.1 Å². The van der Waals surface area contributed by atoms with Crippen molar-refractivity contribution in [2.45, 2.75) is 20.8 Å². The van der Waals surface area contributed by atoms with E-state index in [0.717, 1.165) is 4.90 Å². The molecule has 3 amide bonds. The molecule has 37 heavy (non-hydrogen) atoms. The number of pyridine rings is 1. The van der Waals surface area contributed by atoms with Gasteiger partial charge >= 0.3 is 0 Å². The number of hydrogen-bond donors (Lipinski definition) is 0. The summed E-state index contributed by atoms with van der Waals surface area (Å²) in [4.78, 5) is 55.1. The third kappa shape index (κ3) is 7.52. The summed E-state index contributed by atoms with van der Waals surface area (Å²) in [5.41, 5.74) is -0.118. The monoisotopic (exact) mass is 649 g/mol. The van der Waals surface area contributed by atoms with Crippen LogP contribution < -0.4 is 4.90 Å². The number of carbonyl (C=O) groups is 4. The number of hydrogen-bond acceptors (Lipinski definition) is 6. The molecule has 1 aromatic carbocycles. The normalized spacial score (nSPS) is 10.3. The zero-order valence-corrected chi connectivity index (χ0v) is 24.5. The standard InChI is InChI=1S/C21H17BrCl3N5O3.C2H3ClO/c1-4-28(3)20(32)13-8-12(23)9-15(25)18(13)29(11(2)31)21(33)16-10-17(22)27-30(16)19-14(24)6-5-7-26-19;1-2(3)4/h5-10H,4H2,1-3H3;1H3. The first-order valence-corrected chi connectivity index (χ1v) is 12.7. The van der Waals surface area contributed by atoms with Gasteiger partial charge in [0.05, 0.1) is 21.3 Å². The molecule has 0 saturated carbocycles. The third-order valence-electron chi connectivity index (χ3n) is 4.66. The van der Waals surface area contributed by atoms with Crippen molar-refractivity contribution in [3.05, 3.63) is 67.5 Å². The topological polar surface area (TPSA) is 105 Å². The summed E-state index contributed by atoms with van der Waals surface area (Å²) in [6.45, 7) is 4.64. The van der Waals surface area contributed by atoms with Gasteiger partial charge in [0.25, 0.3) is 11.8 Å². The third-order valence-corrected chi connectivity index (χ3v) is 5.85. The summed E-state index contributed by atoms with van der Waals surface area (Å²) in [5.74, 6) is -1.74. The van der Waals surface area contributed by atoms with Crippen LogP contribution in [0.4, 0.5) is 5.69 Å². The van der Waals surface area contributed by atoms with Crippen LogP contribution in [0.3, 0.4) is 0 Å². The van der Waals surface area contributed by atoms with Crippen molar-refractivity contribution in [3.63, 3.8) is 0 Å². The Balaban J connectivity index is 0.00000112. The number of halogens is 5. The molecule has 0 aliphatic heterocycles. The van der Waals surface area contributed by atoms with Gasteiger partial charge in [0.1, 0.15) is 10.3 Å². The molecule has 0 spiro atoms. The Labute approximate surface area is 241 Å². The van der Waals surface area contributed by atoms with Crippen LogP contribution in [0.2, 0.25) is 15.1 Å². The van der Waals surface area contributed by atoms with Gasteiger partial charge in [0.2, 0.25) is 11.1 Å². The average molecular weight is 652 g/mol. The van der Waals surface area contributed by atoms with Gasteiger partial charge in [0.15, 0.2) is 5.82 Å². The molecule has 0 saturated heterocycles. The van der Waals surface area contributed by atoms with Gasteiger partial charge in [-0.3, -0.25) is 19.2 Å². The summed E-state index contributed by atoms with van der Waals surface area (Å²) in [7, 11) is 1.58. The molecule has 0 aliphatic carbocycles. The van der Waals surface area contributed by atoms with E-state index in [9.17, 15) is 19.2 Å². The lowest BCUT2D eigenvalue weighted by molar-refractivity contribution is -0.116. The second-order valence-corrected chi connectivity index (χ2v) is 9.90. The van der Waals surface area contributed by atoms with E-state index in [1.807, 2.05) is 0 Å². The minimum absolute atomic E-state index is 0.00130. The van der Waals surface area contributed by atoms with Crippen molar-refractivity contribution in [1.82, 2.24) is 19.7 Å². The van der Waals surface area contributed by atoms with Gasteiger partial charge in [-0.25, -0.2) is 14.6 Å². The van der Waals surface area contributed by atoms with Crippen LogP contribution in [-0.2, 0) is 9.59 Å². The fourth-order valence-electron chi connectivity index (χ4n) is 3.02. The number of carbonyl (C=O) groups excluding carboxylic acids is 4. The van der Waals surface area contributed by atoms with Crippen molar-refractivity contribution in [3.8, 4) is 5.82 Å². The average Bonchev–Trinajstić information content (AvgIpc) is 3.20. The Hall–Kier alpha value is -2.50. The lowest BCUT2D eigenvalue weighted by atomic mass is 10.1. The van der Waals surface area contributed by atoms with Crippen LogP contribution >= 0.6 is 62.3 Å². The molecule has 3 rings (SSSR count). The molecule has 2 heterocycles. The molecule has 0 fully saturated rings. The molecule has 0 unspecified atom stereocenters. The Bertz CT molecular complexity index is 1360. The Morgan fingerprint density at radius 3 is 2.19 bits per heavy atom. The Morgan fingerprint density at radius 1 is 1.03 bits per heavy atom. The van der Waals surface area contributed by atoms with Gasteiger partial charge < -0.3 is 4.90 Å². The number of benzene rings is 1. The van der Waals surface area contributed by atoms with Crippen LogP contribution in [0.25, 0.3) is 5.82 Å². The first-order valence-electron chi connectivity index (χ1n) is 10.4. The van der Waals surface area contributed by atoms with E-state index in [0.29, 0.717) is 11.1 Å². The summed E-state index contributed by atoms with van der Waals surface area (Å²) >= 11 is 26.7. The summed E-state index contributed by atoms with van der Waals surface area (Å²) in [5, 5.41) is 4.25. The molecule has 0 atom stereocenters. The van der Waals surface area contributed by atoms with Gasteiger partial charge in [-0.2, -0.15) is 5.10 Å². The quantitative estimate of drug-likeness (QED) is 0.311. The molecule has 0 N–H and O–H groups in total. The molecule has 0 bridgehead atoms. The fraction of sp³-hybridized carbons (Fsp3) is 0.217. The maximum Gasteiger partial charge on any atom is 0.283 e. The van der Waals surface area contributed by atoms with Crippen molar-refractivity contribution in [2.24, 2.45) is 0 Å². The molecule has 14 heteroatoms. The zero-order valence-electron chi connectivity index (χ0n) is 19.9. The number of imide groups is 1. The SMILES string of the molecule is CC(=O)Cl.CCN(C)C(=O)c1cc(Cl)cc(Cl)c1N(C(C)=O)C(=O)c1cc(Br)nn1-c1ncccc1Cl. The maximum atomic E-state index is 13.7. The molecule has 3 aromatic rings. The number of nitrogens with zero attached hydrogens (tertiary/aromatic N) is 5. The minimum atomic E-state index is -0.792. The van der Waals surface area contributed by atoms with Crippen LogP contribution in [0.1, 0.15) is 41.6 Å². The first-order chi connectivity index (χ1) is 17.3. The van der Waals surface area contributed by atoms with Crippen LogP contribution in [0.15, 0.2) is 41.1 Å². The van der Waals surface area contributed by atoms with Crippen LogP contribution in [0, 0.1) is 0 Å². The summed E-state index contributed by atoms with van der Waals surface area (Å²) < 4.78 is 1.51. The predicted octanol–water partition coefficient (Wildman–Crippen LogP) is 6.05. The second-order valence-electron chi connectivity index (χ2n) is 7.31. The first kappa shape index (κ1) is 30.7. The Morgan fingerprint density at radius 2 is 1.65 bits per heavy atom. The smallest absolute Gasteiger partial charge is 0.283 e. The highest BCUT2D eigenvalue weighted by Crippen LogP contribution is 2.36. The van der Waals surface area contributed by atoms with Gasteiger partial charge in [-0.05, 0) is 58.7 Å². The molecule has 9 nitrogen and oxygen atoms in total. The summed E-state index contributed by atoms with van der Waals surface area (Å²) in [6.07, 6.45) is 1.49. The maximum absolute atomic E-state index is 13.7. The van der Waals surface area contributed by atoms with Gasteiger partial charge in [0, 0.05) is 44.7 Å². The number of aromatic nitrogens is 3. The van der Waals surface area contributed by atoms with Crippen LogP contribution in [-0.4, -0.2) is 56.2 Å². The number of rotatable bonds is 5. The van der Waals surface area contributed by atoms with E-state index >= 15 is 0 Å². The van der Waals surface area contributed by atoms with Gasteiger partial charge in [-0.1, -0.05) is 34.8 Å². The number of amides is 3. The van der Waals surface area contributed by atoms with Crippen molar-refractivity contribution in [2.75, 3.05) is 18.5 Å². The van der Waals surface area contributed by atoms with E-state index in [4.69, 9.17) is 34.8 Å². The zero-order chi connectivity index (χ0) is 28.0. The van der Waals surface area contributed by atoms with E-state index in [1.54, 1.807) is 26.1 Å². The van der Waals surface area contributed by atoms with Crippen molar-refractivity contribution >= 4 is 91.0 Å². The number of anilines is 1. The largest absolute Gasteiger partial charge is 0.342 e. The van der Waals surface area contributed by atoms with E-state index < -0.39 is 17.7 Å².